The van der Waals surface area contributed by atoms with Crippen LogP contribution in [0.1, 0.15) is 25.3 Å². The second-order valence-corrected chi connectivity index (χ2v) is 7.67. The lowest BCUT2D eigenvalue weighted by Crippen LogP contribution is -2.47. The highest BCUT2D eigenvalue weighted by molar-refractivity contribution is 6.60. The van der Waals surface area contributed by atoms with E-state index < -0.39 is 8.80 Å². The predicted molar refractivity (Wildman–Crippen MR) is 72.3 cm³/mol. The molecule has 0 unspecified atom stereocenters. The molecule has 1 heterocycles. The van der Waals surface area contributed by atoms with Crippen LogP contribution in [0.4, 0.5) is 0 Å². The lowest BCUT2D eigenvalue weighted by atomic mass is 10.1. The summed E-state index contributed by atoms with van der Waals surface area (Å²) < 4.78 is 18.4. The van der Waals surface area contributed by atoms with Gasteiger partial charge in [-0.05, 0) is 12.0 Å². The molecule has 0 atom stereocenters. The minimum Gasteiger partial charge on any atom is -0.377 e. The fraction of sp³-hybridized carbons (Fsp3) is 0.615. The molecule has 1 rings (SSSR count). The van der Waals surface area contributed by atoms with Gasteiger partial charge in [0.25, 0.3) is 0 Å². The Morgan fingerprint density at radius 3 is 2.28 bits per heavy atom. The second kappa shape index (κ2) is 6.99. The van der Waals surface area contributed by atoms with Crippen molar-refractivity contribution in [1.29, 1.82) is 0 Å². The molecule has 1 aromatic heterocycles. The summed E-state index contributed by atoms with van der Waals surface area (Å²) in [5.74, 6) is 0.534. The summed E-state index contributed by atoms with van der Waals surface area (Å²) in [6.07, 6.45) is 4.23. The normalized spacial score (nSPS) is 12.1. The van der Waals surface area contributed by atoms with Crippen molar-refractivity contribution < 1.29 is 17.8 Å². The molecule has 4 nitrogen and oxygen atoms in total. The Morgan fingerprint density at radius 1 is 1.17 bits per heavy atom. The Balaban J connectivity index is 2.70. The van der Waals surface area contributed by atoms with Crippen molar-refractivity contribution in [1.82, 2.24) is 0 Å². The fourth-order valence-corrected chi connectivity index (χ4v) is 3.49. The van der Waals surface area contributed by atoms with Gasteiger partial charge in [-0.1, -0.05) is 13.8 Å². The topological polar surface area (TPSA) is 31.6 Å². The minimum absolute atomic E-state index is 0.534. The van der Waals surface area contributed by atoms with Crippen LogP contribution < -0.4 is 4.57 Å². The maximum Gasteiger partial charge on any atom is 0.506 e. The molecule has 0 saturated heterocycles. The van der Waals surface area contributed by atoms with E-state index in [2.05, 4.69) is 42.9 Å². The first-order chi connectivity index (χ1) is 8.56. The summed E-state index contributed by atoms with van der Waals surface area (Å²) in [6, 6.07) is 4.99. The molecule has 0 aliphatic carbocycles. The molecule has 18 heavy (non-hydrogen) atoms. The summed E-state index contributed by atoms with van der Waals surface area (Å²) in [5.41, 5.74) is 1.33. The average Bonchev–Trinajstić information content (AvgIpc) is 2.41. The zero-order valence-electron chi connectivity index (χ0n) is 12.0. The van der Waals surface area contributed by atoms with E-state index in [-0.39, 0.29) is 0 Å². The first-order valence-electron chi connectivity index (χ1n) is 6.21. The van der Waals surface area contributed by atoms with Crippen molar-refractivity contribution >= 4 is 8.80 Å². The van der Waals surface area contributed by atoms with Crippen LogP contribution in [-0.2, 0) is 19.8 Å². The molecule has 0 aromatic carbocycles. The van der Waals surface area contributed by atoms with E-state index in [4.69, 9.17) is 13.3 Å². The number of hydrogen-bond donors (Lipinski definition) is 0. The van der Waals surface area contributed by atoms with Crippen LogP contribution in [0.2, 0.25) is 6.04 Å². The van der Waals surface area contributed by atoms with Gasteiger partial charge in [-0.15, -0.1) is 0 Å². The average molecular weight is 270 g/mol. The highest BCUT2D eigenvalue weighted by atomic mass is 28.4. The Kier molecular flexibility index (Phi) is 5.94. The monoisotopic (exact) mass is 270 g/mol. The van der Waals surface area contributed by atoms with Crippen LogP contribution in [0.25, 0.3) is 0 Å². The SMILES string of the molecule is CO[Si](CC[n+]1cccc(C(C)C)c1)(OC)OC. The summed E-state index contributed by atoms with van der Waals surface area (Å²) in [6.45, 7) is 5.22. The lowest BCUT2D eigenvalue weighted by molar-refractivity contribution is -0.694. The van der Waals surface area contributed by atoms with Gasteiger partial charge in [-0.3, -0.25) is 0 Å². The van der Waals surface area contributed by atoms with Crippen LogP contribution in [0.15, 0.2) is 24.5 Å². The van der Waals surface area contributed by atoms with Crippen molar-refractivity contribution in [2.75, 3.05) is 21.3 Å². The van der Waals surface area contributed by atoms with Gasteiger partial charge < -0.3 is 13.3 Å². The van der Waals surface area contributed by atoms with Crippen LogP contribution in [0, 0.1) is 0 Å². The molecular formula is C13H24NO3Si+. The number of nitrogens with zero attached hydrogens (tertiary/aromatic N) is 1. The van der Waals surface area contributed by atoms with Crippen LogP contribution in [-0.4, -0.2) is 30.1 Å². The van der Waals surface area contributed by atoms with Crippen molar-refractivity contribution in [3.8, 4) is 0 Å². The van der Waals surface area contributed by atoms with Crippen molar-refractivity contribution in [2.24, 2.45) is 0 Å². The summed E-state index contributed by atoms with van der Waals surface area (Å²) in [5, 5.41) is 0. The van der Waals surface area contributed by atoms with Gasteiger partial charge in [0.05, 0.1) is 6.04 Å². The predicted octanol–water partition coefficient (Wildman–Crippen LogP) is 1.98. The van der Waals surface area contributed by atoms with Gasteiger partial charge >= 0.3 is 8.80 Å². The summed E-state index contributed by atoms with van der Waals surface area (Å²) in [4.78, 5) is 0. The standard InChI is InChI=1S/C13H24NO3Si/c1-12(2)13-7-6-8-14(11-13)9-10-18(15-3,16-4)17-5/h6-8,11-12H,9-10H2,1-5H3/q+1. The zero-order valence-corrected chi connectivity index (χ0v) is 13.0. The Morgan fingerprint density at radius 2 is 1.78 bits per heavy atom. The van der Waals surface area contributed by atoms with E-state index in [1.165, 1.54) is 5.56 Å². The number of aryl methyl sites for hydroxylation is 1. The molecule has 5 heteroatoms. The van der Waals surface area contributed by atoms with Gasteiger partial charge in [-0.25, -0.2) is 4.57 Å². The van der Waals surface area contributed by atoms with Crippen LogP contribution in [0.5, 0.6) is 0 Å². The lowest BCUT2D eigenvalue weighted by Gasteiger charge is -2.22. The van der Waals surface area contributed by atoms with E-state index in [9.17, 15) is 0 Å². The van der Waals surface area contributed by atoms with E-state index >= 15 is 0 Å². The largest absolute Gasteiger partial charge is 0.506 e. The highest BCUT2D eigenvalue weighted by Crippen LogP contribution is 2.13. The molecule has 0 amide bonds. The van der Waals surface area contributed by atoms with E-state index in [1.807, 2.05) is 0 Å². The third kappa shape index (κ3) is 3.88. The smallest absolute Gasteiger partial charge is 0.377 e. The maximum absolute atomic E-state index is 5.42. The molecular weight excluding hydrogens is 246 g/mol. The van der Waals surface area contributed by atoms with Gasteiger partial charge in [0.15, 0.2) is 18.9 Å². The number of rotatable bonds is 7. The highest BCUT2D eigenvalue weighted by Gasteiger charge is 2.38. The number of hydrogen-bond acceptors (Lipinski definition) is 3. The molecule has 0 saturated carbocycles. The quantitative estimate of drug-likeness (QED) is 0.561. The Bertz CT molecular complexity index is 359. The molecule has 102 valence electrons. The van der Waals surface area contributed by atoms with Gasteiger partial charge in [0.2, 0.25) is 0 Å². The molecule has 0 spiro atoms. The number of aromatic nitrogens is 1. The van der Waals surface area contributed by atoms with Crippen LogP contribution >= 0.6 is 0 Å². The molecule has 1 aromatic rings. The third-order valence-corrected chi connectivity index (χ3v) is 5.86. The molecule has 0 N–H and O–H groups in total. The van der Waals surface area contributed by atoms with E-state index in [1.54, 1.807) is 21.3 Å². The van der Waals surface area contributed by atoms with E-state index in [0.29, 0.717) is 5.92 Å². The first kappa shape index (κ1) is 15.3. The Labute approximate surface area is 111 Å². The molecule has 0 bridgehead atoms. The van der Waals surface area contributed by atoms with Gasteiger partial charge in [-0.2, -0.15) is 0 Å². The van der Waals surface area contributed by atoms with E-state index in [0.717, 1.165) is 12.6 Å². The number of pyridine rings is 1. The zero-order chi connectivity index (χ0) is 13.6. The Hall–Kier alpha value is -0.753. The van der Waals surface area contributed by atoms with Gasteiger partial charge in [0.1, 0.15) is 0 Å². The van der Waals surface area contributed by atoms with Crippen molar-refractivity contribution in [3.63, 3.8) is 0 Å². The fourth-order valence-electron chi connectivity index (χ4n) is 1.85. The second-order valence-electron chi connectivity index (χ2n) is 4.58. The third-order valence-electron chi connectivity index (χ3n) is 3.16. The minimum atomic E-state index is -2.47. The van der Waals surface area contributed by atoms with Crippen molar-refractivity contribution in [3.05, 3.63) is 30.1 Å². The molecule has 0 aliphatic heterocycles. The summed E-state index contributed by atoms with van der Waals surface area (Å²) >= 11 is 0. The molecule has 0 aliphatic rings. The summed E-state index contributed by atoms with van der Waals surface area (Å²) in [7, 11) is 2.48. The van der Waals surface area contributed by atoms with Crippen molar-refractivity contribution in [2.45, 2.75) is 32.4 Å². The maximum atomic E-state index is 5.42. The molecule has 0 radical (unpaired) electrons. The van der Waals surface area contributed by atoms with Crippen LogP contribution in [0.3, 0.4) is 0 Å². The first-order valence-corrected chi connectivity index (χ1v) is 8.14. The molecule has 0 fully saturated rings. The van der Waals surface area contributed by atoms with Gasteiger partial charge in [0, 0.05) is 33.0 Å².